The second-order valence-electron chi connectivity index (χ2n) is 4.27. The normalized spacial score (nSPS) is 12.0. The van der Waals surface area contributed by atoms with Crippen molar-refractivity contribution < 1.29 is 24.2 Å². The lowest BCUT2D eigenvalue weighted by Gasteiger charge is -2.22. The van der Waals surface area contributed by atoms with Crippen molar-refractivity contribution in [3.05, 3.63) is 0 Å². The standard InChI is InChI=1S/C12H22N2O5/c1-4-9(5-2)8(3)13-12(18)14-10(15)6-19-7-11(16)17/h8-9H,4-7H2,1-3H3,(H,16,17)(H2,13,14,15,18). The Labute approximate surface area is 112 Å². The Morgan fingerprint density at radius 2 is 1.74 bits per heavy atom. The number of carboxylic acids is 1. The number of ether oxygens (including phenoxy) is 1. The molecule has 0 bridgehead atoms. The second-order valence-corrected chi connectivity index (χ2v) is 4.27. The zero-order chi connectivity index (χ0) is 14.8. The lowest BCUT2D eigenvalue weighted by molar-refractivity contribution is -0.143. The van der Waals surface area contributed by atoms with Gasteiger partial charge in [-0.2, -0.15) is 0 Å². The molecule has 0 heterocycles. The first kappa shape index (κ1) is 17.4. The molecule has 0 aliphatic carbocycles. The van der Waals surface area contributed by atoms with Crippen molar-refractivity contribution >= 4 is 17.9 Å². The maximum Gasteiger partial charge on any atom is 0.329 e. The average molecular weight is 274 g/mol. The van der Waals surface area contributed by atoms with E-state index in [1.165, 1.54) is 0 Å². The highest BCUT2D eigenvalue weighted by molar-refractivity contribution is 5.95. The second kappa shape index (κ2) is 9.32. The number of rotatable bonds is 8. The minimum atomic E-state index is -1.17. The number of carbonyl (C=O) groups excluding carboxylic acids is 2. The Kier molecular flexibility index (Phi) is 8.52. The quantitative estimate of drug-likeness (QED) is 0.605. The van der Waals surface area contributed by atoms with Crippen molar-refractivity contribution in [2.45, 2.75) is 39.7 Å². The van der Waals surface area contributed by atoms with Crippen LogP contribution in [-0.2, 0) is 14.3 Å². The Morgan fingerprint density at radius 3 is 2.21 bits per heavy atom. The molecule has 7 nitrogen and oxygen atoms in total. The third kappa shape index (κ3) is 8.15. The van der Waals surface area contributed by atoms with Crippen LogP contribution in [0.15, 0.2) is 0 Å². The number of nitrogens with one attached hydrogen (secondary N) is 2. The maximum absolute atomic E-state index is 11.5. The van der Waals surface area contributed by atoms with Crippen molar-refractivity contribution in [2.24, 2.45) is 5.92 Å². The van der Waals surface area contributed by atoms with Crippen LogP contribution in [0.2, 0.25) is 0 Å². The predicted molar refractivity (Wildman–Crippen MR) is 68.7 cm³/mol. The Hall–Kier alpha value is -1.63. The number of imide groups is 1. The molecular weight excluding hydrogens is 252 g/mol. The summed E-state index contributed by atoms with van der Waals surface area (Å²) in [6, 6.07) is -0.633. The molecule has 0 aromatic heterocycles. The van der Waals surface area contributed by atoms with E-state index in [0.717, 1.165) is 12.8 Å². The summed E-state index contributed by atoms with van der Waals surface area (Å²) in [6.07, 6.45) is 1.88. The van der Waals surface area contributed by atoms with E-state index in [9.17, 15) is 14.4 Å². The average Bonchev–Trinajstić information content (AvgIpc) is 2.29. The van der Waals surface area contributed by atoms with Crippen LogP contribution in [0.3, 0.4) is 0 Å². The molecule has 0 rings (SSSR count). The number of aliphatic carboxylic acids is 1. The smallest absolute Gasteiger partial charge is 0.329 e. The van der Waals surface area contributed by atoms with E-state index >= 15 is 0 Å². The van der Waals surface area contributed by atoms with Gasteiger partial charge in [0.2, 0.25) is 0 Å². The fraction of sp³-hybridized carbons (Fsp3) is 0.750. The first-order valence-corrected chi connectivity index (χ1v) is 6.30. The lowest BCUT2D eigenvalue weighted by Crippen LogP contribution is -2.47. The molecule has 1 atom stereocenters. The largest absolute Gasteiger partial charge is 0.480 e. The van der Waals surface area contributed by atoms with Crippen molar-refractivity contribution in [3.63, 3.8) is 0 Å². The van der Waals surface area contributed by atoms with Crippen molar-refractivity contribution in [2.75, 3.05) is 13.2 Å². The van der Waals surface area contributed by atoms with E-state index < -0.39 is 31.1 Å². The minimum Gasteiger partial charge on any atom is -0.480 e. The third-order valence-corrected chi connectivity index (χ3v) is 2.83. The topological polar surface area (TPSA) is 105 Å². The Morgan fingerprint density at radius 1 is 1.16 bits per heavy atom. The van der Waals surface area contributed by atoms with Gasteiger partial charge in [0.25, 0.3) is 5.91 Å². The highest BCUT2D eigenvalue weighted by Gasteiger charge is 2.17. The minimum absolute atomic E-state index is 0.0391. The van der Waals surface area contributed by atoms with Crippen molar-refractivity contribution in [1.29, 1.82) is 0 Å². The van der Waals surface area contributed by atoms with Gasteiger partial charge >= 0.3 is 12.0 Å². The van der Waals surface area contributed by atoms with Crippen LogP contribution in [0.25, 0.3) is 0 Å². The molecule has 0 fully saturated rings. The first-order chi connectivity index (χ1) is 8.90. The van der Waals surface area contributed by atoms with E-state index in [4.69, 9.17) is 5.11 Å². The zero-order valence-corrected chi connectivity index (χ0v) is 11.6. The van der Waals surface area contributed by atoms with E-state index in [1.807, 2.05) is 20.8 Å². The fourth-order valence-corrected chi connectivity index (χ4v) is 1.75. The van der Waals surface area contributed by atoms with E-state index in [0.29, 0.717) is 5.92 Å². The fourth-order valence-electron chi connectivity index (χ4n) is 1.75. The van der Waals surface area contributed by atoms with Gasteiger partial charge in [-0.15, -0.1) is 0 Å². The van der Waals surface area contributed by atoms with Gasteiger partial charge in [0, 0.05) is 6.04 Å². The molecule has 7 heteroatoms. The number of urea groups is 1. The molecule has 0 saturated carbocycles. The number of carbonyl (C=O) groups is 3. The van der Waals surface area contributed by atoms with Crippen LogP contribution in [0, 0.1) is 5.92 Å². The molecule has 0 aromatic rings. The summed E-state index contributed by atoms with van der Waals surface area (Å²) in [5, 5.41) is 13.1. The molecule has 0 aromatic carbocycles. The summed E-state index contributed by atoms with van der Waals surface area (Å²) >= 11 is 0. The molecule has 19 heavy (non-hydrogen) atoms. The van der Waals surface area contributed by atoms with Gasteiger partial charge in [0.1, 0.15) is 13.2 Å². The van der Waals surface area contributed by atoms with Gasteiger partial charge in [-0.25, -0.2) is 9.59 Å². The van der Waals surface area contributed by atoms with E-state index in [-0.39, 0.29) is 6.04 Å². The van der Waals surface area contributed by atoms with Crippen LogP contribution in [-0.4, -0.2) is 42.3 Å². The Bertz CT molecular complexity index is 315. The molecule has 3 N–H and O–H groups in total. The summed E-state index contributed by atoms with van der Waals surface area (Å²) in [7, 11) is 0. The van der Waals surface area contributed by atoms with Crippen LogP contribution in [0.1, 0.15) is 33.6 Å². The van der Waals surface area contributed by atoms with Crippen LogP contribution in [0.5, 0.6) is 0 Å². The molecule has 0 radical (unpaired) electrons. The maximum atomic E-state index is 11.5. The van der Waals surface area contributed by atoms with Gasteiger partial charge in [-0.05, 0) is 12.8 Å². The van der Waals surface area contributed by atoms with Crippen molar-refractivity contribution in [1.82, 2.24) is 10.6 Å². The Balaban J connectivity index is 3.96. The van der Waals surface area contributed by atoms with Gasteiger partial charge < -0.3 is 15.2 Å². The molecule has 0 aliphatic rings. The van der Waals surface area contributed by atoms with E-state index in [1.54, 1.807) is 0 Å². The molecule has 0 saturated heterocycles. The van der Waals surface area contributed by atoms with Crippen LogP contribution >= 0.6 is 0 Å². The molecule has 0 spiro atoms. The summed E-state index contributed by atoms with van der Waals surface area (Å²) < 4.78 is 4.56. The monoisotopic (exact) mass is 274 g/mol. The summed E-state index contributed by atoms with van der Waals surface area (Å²) in [5.41, 5.74) is 0. The molecule has 3 amide bonds. The van der Waals surface area contributed by atoms with Crippen molar-refractivity contribution in [3.8, 4) is 0 Å². The van der Waals surface area contributed by atoms with Crippen LogP contribution in [0.4, 0.5) is 4.79 Å². The molecule has 110 valence electrons. The van der Waals surface area contributed by atoms with Gasteiger partial charge in [0.05, 0.1) is 0 Å². The predicted octanol–water partition coefficient (Wildman–Crippen LogP) is 0.738. The van der Waals surface area contributed by atoms with Gasteiger partial charge in [-0.1, -0.05) is 26.7 Å². The van der Waals surface area contributed by atoms with E-state index in [2.05, 4.69) is 15.4 Å². The molecule has 1 unspecified atom stereocenters. The number of carboxylic acid groups (broad SMARTS) is 1. The lowest BCUT2D eigenvalue weighted by atomic mass is 9.96. The zero-order valence-electron chi connectivity index (χ0n) is 11.6. The summed E-state index contributed by atoms with van der Waals surface area (Å²) in [6.45, 7) is 4.92. The highest BCUT2D eigenvalue weighted by atomic mass is 16.5. The number of hydrogen-bond acceptors (Lipinski definition) is 4. The first-order valence-electron chi connectivity index (χ1n) is 6.30. The SMILES string of the molecule is CCC(CC)C(C)NC(=O)NC(=O)COCC(=O)O. The molecular formula is C12H22N2O5. The van der Waals surface area contributed by atoms with Gasteiger partial charge in [-0.3, -0.25) is 10.1 Å². The summed E-state index contributed by atoms with van der Waals surface area (Å²) in [4.78, 5) is 32.9. The third-order valence-electron chi connectivity index (χ3n) is 2.83. The summed E-state index contributed by atoms with van der Waals surface area (Å²) in [5.74, 6) is -1.49. The number of hydrogen-bond donors (Lipinski definition) is 3. The molecule has 0 aliphatic heterocycles. The highest BCUT2D eigenvalue weighted by Crippen LogP contribution is 2.12. The van der Waals surface area contributed by atoms with Gasteiger partial charge in [0.15, 0.2) is 0 Å². The number of amides is 3. The van der Waals surface area contributed by atoms with Crippen LogP contribution < -0.4 is 10.6 Å².